The molecular formula is C26H28N6O5S. The van der Waals surface area contributed by atoms with Crippen LogP contribution < -0.4 is 14.8 Å². The number of hydrogen-bond donors (Lipinski definition) is 1. The Labute approximate surface area is 220 Å². The van der Waals surface area contributed by atoms with Gasteiger partial charge in [0.1, 0.15) is 12.4 Å². The third-order valence-corrected chi connectivity index (χ3v) is 8.21. The first kappa shape index (κ1) is 25.6. The molecule has 1 aliphatic heterocycles. The van der Waals surface area contributed by atoms with Crippen molar-refractivity contribution in [2.75, 3.05) is 33.4 Å². The van der Waals surface area contributed by atoms with Crippen LogP contribution in [0.15, 0.2) is 65.6 Å². The number of carbonyl (C=O) groups is 1. The molecule has 38 heavy (non-hydrogen) atoms. The van der Waals surface area contributed by atoms with Gasteiger partial charge in [-0.15, -0.1) is 15.3 Å². The molecule has 1 amide bonds. The number of amides is 1. The van der Waals surface area contributed by atoms with Crippen LogP contribution in [0, 0.1) is 0 Å². The van der Waals surface area contributed by atoms with Gasteiger partial charge in [-0.1, -0.05) is 6.42 Å². The number of ether oxygens (including phenoxy) is 2. The highest BCUT2D eigenvalue weighted by Crippen LogP contribution is 2.22. The van der Waals surface area contributed by atoms with E-state index in [1.165, 1.54) is 28.6 Å². The van der Waals surface area contributed by atoms with E-state index in [1.807, 2.05) is 24.3 Å². The lowest BCUT2D eigenvalue weighted by atomic mass is 10.2. The van der Waals surface area contributed by atoms with E-state index in [1.54, 1.807) is 23.8 Å². The Balaban J connectivity index is 1.16. The number of nitrogens with one attached hydrogen (secondary N) is 1. The van der Waals surface area contributed by atoms with E-state index in [0.29, 0.717) is 36.0 Å². The van der Waals surface area contributed by atoms with Crippen molar-refractivity contribution in [1.29, 1.82) is 0 Å². The number of aromatic nitrogens is 4. The van der Waals surface area contributed by atoms with E-state index in [4.69, 9.17) is 9.47 Å². The Morgan fingerprint density at radius 1 is 0.947 bits per heavy atom. The van der Waals surface area contributed by atoms with Gasteiger partial charge >= 0.3 is 0 Å². The Bertz CT molecular complexity index is 1510. The molecule has 0 bridgehead atoms. The van der Waals surface area contributed by atoms with E-state index in [0.717, 1.165) is 30.6 Å². The number of sulfonamides is 1. The summed E-state index contributed by atoms with van der Waals surface area (Å²) in [5.41, 5.74) is 1.77. The van der Waals surface area contributed by atoms with Crippen LogP contribution in [0.1, 0.15) is 29.6 Å². The van der Waals surface area contributed by atoms with Gasteiger partial charge < -0.3 is 14.8 Å². The van der Waals surface area contributed by atoms with Crippen LogP contribution in [0.5, 0.6) is 11.6 Å². The smallest absolute Gasteiger partial charge is 0.251 e. The predicted molar refractivity (Wildman–Crippen MR) is 140 cm³/mol. The fraction of sp³-hybridized carbons (Fsp3) is 0.308. The van der Waals surface area contributed by atoms with Crippen LogP contribution in [0.25, 0.3) is 17.0 Å². The Kier molecular flexibility index (Phi) is 7.52. The number of benzene rings is 2. The van der Waals surface area contributed by atoms with Crippen molar-refractivity contribution in [2.45, 2.75) is 24.2 Å². The second-order valence-electron chi connectivity index (χ2n) is 8.79. The maximum atomic E-state index is 12.8. The zero-order valence-corrected chi connectivity index (χ0v) is 21.7. The van der Waals surface area contributed by atoms with Crippen LogP contribution in [0.3, 0.4) is 0 Å². The van der Waals surface area contributed by atoms with Crippen LogP contribution in [0.2, 0.25) is 0 Å². The minimum atomic E-state index is -3.53. The Hall–Kier alpha value is -4.03. The molecule has 11 nitrogen and oxygen atoms in total. The number of fused-ring (bicyclic) bond motifs is 1. The monoisotopic (exact) mass is 536 g/mol. The molecule has 1 saturated heterocycles. The lowest BCUT2D eigenvalue weighted by Crippen LogP contribution is -2.35. The topological polar surface area (TPSA) is 128 Å². The molecule has 5 rings (SSSR count). The van der Waals surface area contributed by atoms with Crippen molar-refractivity contribution in [1.82, 2.24) is 29.4 Å². The largest absolute Gasteiger partial charge is 0.497 e. The van der Waals surface area contributed by atoms with E-state index in [9.17, 15) is 13.2 Å². The summed E-state index contributed by atoms with van der Waals surface area (Å²) in [6.07, 6.45) is 2.79. The molecule has 0 unspecified atom stereocenters. The highest BCUT2D eigenvalue weighted by atomic mass is 32.2. The molecule has 4 aromatic rings. The van der Waals surface area contributed by atoms with Gasteiger partial charge in [-0.2, -0.15) is 8.82 Å². The number of rotatable bonds is 9. The second kappa shape index (κ2) is 11.2. The van der Waals surface area contributed by atoms with Crippen molar-refractivity contribution in [3.05, 3.63) is 66.2 Å². The maximum absolute atomic E-state index is 12.8. The molecule has 1 aliphatic rings. The predicted octanol–water partition coefficient (Wildman–Crippen LogP) is 2.78. The van der Waals surface area contributed by atoms with Gasteiger partial charge in [-0.05, 0) is 67.4 Å². The average Bonchev–Trinajstić information content (AvgIpc) is 3.39. The normalized spacial score (nSPS) is 14.3. The van der Waals surface area contributed by atoms with Gasteiger partial charge in [-0.25, -0.2) is 8.42 Å². The third kappa shape index (κ3) is 5.46. The summed E-state index contributed by atoms with van der Waals surface area (Å²) in [5, 5.41) is 15.6. The summed E-state index contributed by atoms with van der Waals surface area (Å²) in [6, 6.07) is 16.9. The molecule has 1 fully saturated rings. The zero-order valence-electron chi connectivity index (χ0n) is 20.9. The standard InChI is InChI=1S/C26H28N6O5S/c1-36-21-9-5-19(6-10-21)25-29-28-23-13-14-24(30-32(23)25)37-18-15-27-26(33)20-7-11-22(12-8-20)38(34,35)31-16-3-2-4-17-31/h5-14H,2-4,15-18H2,1H3,(H,27,33). The molecule has 0 aliphatic carbocycles. The molecule has 1 N–H and O–H groups in total. The second-order valence-corrected chi connectivity index (χ2v) is 10.7. The van der Waals surface area contributed by atoms with Crippen molar-refractivity contribution in [3.63, 3.8) is 0 Å². The van der Waals surface area contributed by atoms with Crippen molar-refractivity contribution in [2.24, 2.45) is 0 Å². The molecule has 2 aromatic heterocycles. The number of carbonyl (C=O) groups excluding carboxylic acids is 1. The van der Waals surface area contributed by atoms with Crippen molar-refractivity contribution >= 4 is 21.6 Å². The summed E-state index contributed by atoms with van der Waals surface area (Å²) in [6.45, 7) is 1.49. The van der Waals surface area contributed by atoms with Gasteiger partial charge in [0.25, 0.3) is 5.91 Å². The molecule has 12 heteroatoms. The number of piperidine rings is 1. The summed E-state index contributed by atoms with van der Waals surface area (Å²) in [4.78, 5) is 12.7. The fourth-order valence-electron chi connectivity index (χ4n) is 4.22. The fourth-order valence-corrected chi connectivity index (χ4v) is 5.74. The number of nitrogens with zero attached hydrogens (tertiary/aromatic N) is 5. The molecule has 2 aromatic carbocycles. The van der Waals surface area contributed by atoms with Gasteiger partial charge in [0.2, 0.25) is 15.9 Å². The molecule has 0 radical (unpaired) electrons. The van der Waals surface area contributed by atoms with E-state index in [-0.39, 0.29) is 24.0 Å². The van der Waals surface area contributed by atoms with Gasteiger partial charge in [0, 0.05) is 30.3 Å². The first-order chi connectivity index (χ1) is 18.5. The maximum Gasteiger partial charge on any atom is 0.251 e. The van der Waals surface area contributed by atoms with Crippen LogP contribution in [0.4, 0.5) is 0 Å². The first-order valence-corrected chi connectivity index (χ1v) is 13.8. The highest BCUT2D eigenvalue weighted by molar-refractivity contribution is 7.89. The van der Waals surface area contributed by atoms with Gasteiger partial charge in [0.05, 0.1) is 18.6 Å². The van der Waals surface area contributed by atoms with Crippen LogP contribution >= 0.6 is 0 Å². The molecule has 0 saturated carbocycles. The van der Waals surface area contributed by atoms with E-state index >= 15 is 0 Å². The number of methoxy groups -OCH3 is 1. The quantitative estimate of drug-likeness (QED) is 0.324. The lowest BCUT2D eigenvalue weighted by molar-refractivity contribution is 0.0946. The zero-order chi connectivity index (χ0) is 26.5. The lowest BCUT2D eigenvalue weighted by Gasteiger charge is -2.25. The minimum absolute atomic E-state index is 0.186. The molecule has 0 atom stereocenters. The van der Waals surface area contributed by atoms with E-state index < -0.39 is 10.0 Å². The van der Waals surface area contributed by atoms with Crippen LogP contribution in [-0.2, 0) is 10.0 Å². The first-order valence-electron chi connectivity index (χ1n) is 12.3. The molecule has 198 valence electrons. The summed E-state index contributed by atoms with van der Waals surface area (Å²) < 4.78 is 39.6. The van der Waals surface area contributed by atoms with Crippen molar-refractivity contribution in [3.8, 4) is 23.0 Å². The summed E-state index contributed by atoms with van der Waals surface area (Å²) in [5.74, 6) is 1.33. The Morgan fingerprint density at radius 2 is 1.68 bits per heavy atom. The van der Waals surface area contributed by atoms with Crippen LogP contribution in [-0.4, -0.2) is 71.8 Å². The highest BCUT2D eigenvalue weighted by Gasteiger charge is 2.26. The number of hydrogen-bond acceptors (Lipinski definition) is 8. The summed E-state index contributed by atoms with van der Waals surface area (Å²) >= 11 is 0. The Morgan fingerprint density at radius 3 is 2.39 bits per heavy atom. The van der Waals surface area contributed by atoms with Crippen molar-refractivity contribution < 1.29 is 22.7 Å². The molecule has 3 heterocycles. The SMILES string of the molecule is COc1ccc(-c2nnc3ccc(OCCNC(=O)c4ccc(S(=O)(=O)N5CCCCC5)cc4)nn23)cc1. The minimum Gasteiger partial charge on any atom is -0.497 e. The van der Waals surface area contributed by atoms with Gasteiger partial charge in [0.15, 0.2) is 11.5 Å². The summed E-state index contributed by atoms with van der Waals surface area (Å²) in [7, 11) is -1.93. The molecule has 0 spiro atoms. The third-order valence-electron chi connectivity index (χ3n) is 6.29. The average molecular weight is 537 g/mol. The van der Waals surface area contributed by atoms with E-state index in [2.05, 4.69) is 20.6 Å². The molecular weight excluding hydrogens is 508 g/mol. The van der Waals surface area contributed by atoms with Gasteiger partial charge in [-0.3, -0.25) is 4.79 Å².